The topological polar surface area (TPSA) is 80.4 Å². The Bertz CT molecular complexity index is 934. The average molecular weight is 392 g/mol. The van der Waals surface area contributed by atoms with Crippen molar-refractivity contribution in [3.05, 3.63) is 52.5 Å². The Balaban J connectivity index is 2.11. The Hall–Kier alpha value is -2.05. The van der Waals surface area contributed by atoms with Crippen LogP contribution in [-0.2, 0) is 0 Å². The molecule has 0 bridgehead atoms. The minimum atomic E-state index is -0.634. The third-order valence-electron chi connectivity index (χ3n) is 4.03. The number of nitrogens with two attached hydrogens (primary N) is 1. The van der Waals surface area contributed by atoms with Gasteiger partial charge in [0.25, 0.3) is 0 Å². The van der Waals surface area contributed by atoms with E-state index >= 15 is 0 Å². The summed E-state index contributed by atoms with van der Waals surface area (Å²) in [4.78, 5) is 4.72. The maximum absolute atomic E-state index is 9.77. The standard InChI is InChI=1S/C19H19Cl2N3O2/c1-26-13-3-4-14-18(23-10-12(25)9-22)8-17(24-19(14)7-13)11-2-5-15(20)16(21)6-11/h2-8,12,25H,9-10,22H2,1H3,(H,23,24). The van der Waals surface area contributed by atoms with E-state index in [0.29, 0.717) is 22.3 Å². The second-order valence-electron chi connectivity index (χ2n) is 5.84. The molecule has 0 saturated heterocycles. The summed E-state index contributed by atoms with van der Waals surface area (Å²) in [5.41, 5.74) is 8.66. The van der Waals surface area contributed by atoms with Crippen molar-refractivity contribution in [2.45, 2.75) is 6.10 Å². The molecule has 1 aromatic heterocycles. The van der Waals surface area contributed by atoms with Gasteiger partial charge < -0.3 is 20.9 Å². The molecule has 4 N–H and O–H groups in total. The monoisotopic (exact) mass is 391 g/mol. The van der Waals surface area contributed by atoms with Crippen molar-refractivity contribution in [1.29, 1.82) is 0 Å². The minimum Gasteiger partial charge on any atom is -0.497 e. The number of methoxy groups -OCH3 is 1. The number of aliphatic hydroxyl groups is 1. The van der Waals surface area contributed by atoms with Gasteiger partial charge in [-0.3, -0.25) is 0 Å². The molecule has 3 rings (SSSR count). The summed E-state index contributed by atoms with van der Waals surface area (Å²) in [6.45, 7) is 0.520. The lowest BCUT2D eigenvalue weighted by Gasteiger charge is -2.15. The molecule has 5 nitrogen and oxygen atoms in total. The van der Waals surface area contributed by atoms with E-state index < -0.39 is 6.10 Å². The zero-order chi connectivity index (χ0) is 18.7. The highest BCUT2D eigenvalue weighted by molar-refractivity contribution is 6.42. The first kappa shape index (κ1) is 18.7. The Kier molecular flexibility index (Phi) is 5.84. The molecular formula is C19H19Cl2N3O2. The van der Waals surface area contributed by atoms with Crippen molar-refractivity contribution in [1.82, 2.24) is 4.98 Å². The Morgan fingerprint density at radius 3 is 2.65 bits per heavy atom. The SMILES string of the molecule is COc1ccc2c(NCC(O)CN)cc(-c3ccc(Cl)c(Cl)c3)nc2c1. The number of benzene rings is 2. The summed E-state index contributed by atoms with van der Waals surface area (Å²) < 4.78 is 5.30. The Morgan fingerprint density at radius 1 is 1.15 bits per heavy atom. The average Bonchev–Trinajstić information content (AvgIpc) is 2.67. The number of aromatic nitrogens is 1. The van der Waals surface area contributed by atoms with Crippen molar-refractivity contribution in [3.8, 4) is 17.0 Å². The van der Waals surface area contributed by atoms with Crippen LogP contribution in [0.3, 0.4) is 0 Å². The number of fused-ring (bicyclic) bond motifs is 1. The predicted molar refractivity (Wildman–Crippen MR) is 107 cm³/mol. The van der Waals surface area contributed by atoms with Crippen LogP contribution in [0.25, 0.3) is 22.2 Å². The second kappa shape index (κ2) is 8.10. The number of hydrogen-bond donors (Lipinski definition) is 3. The van der Waals surface area contributed by atoms with Crippen LogP contribution >= 0.6 is 23.2 Å². The van der Waals surface area contributed by atoms with Crippen LogP contribution in [0.4, 0.5) is 5.69 Å². The lowest BCUT2D eigenvalue weighted by atomic mass is 10.1. The maximum atomic E-state index is 9.77. The molecule has 2 aromatic carbocycles. The lowest BCUT2D eigenvalue weighted by molar-refractivity contribution is 0.196. The lowest BCUT2D eigenvalue weighted by Crippen LogP contribution is -2.27. The van der Waals surface area contributed by atoms with Crippen LogP contribution in [0, 0.1) is 0 Å². The van der Waals surface area contributed by atoms with Gasteiger partial charge >= 0.3 is 0 Å². The molecule has 0 saturated carbocycles. The van der Waals surface area contributed by atoms with Gasteiger partial charge in [-0.15, -0.1) is 0 Å². The first-order chi connectivity index (χ1) is 12.5. The van der Waals surface area contributed by atoms with E-state index in [-0.39, 0.29) is 6.54 Å². The van der Waals surface area contributed by atoms with Crippen LogP contribution in [0.2, 0.25) is 10.0 Å². The first-order valence-electron chi connectivity index (χ1n) is 8.08. The number of pyridine rings is 1. The van der Waals surface area contributed by atoms with Crippen LogP contribution in [0.1, 0.15) is 0 Å². The van der Waals surface area contributed by atoms with Crippen molar-refractivity contribution >= 4 is 39.8 Å². The minimum absolute atomic E-state index is 0.184. The largest absolute Gasteiger partial charge is 0.497 e. The van der Waals surface area contributed by atoms with Gasteiger partial charge in [-0.25, -0.2) is 4.98 Å². The smallest absolute Gasteiger partial charge is 0.121 e. The van der Waals surface area contributed by atoms with Crippen LogP contribution in [0.5, 0.6) is 5.75 Å². The third kappa shape index (κ3) is 4.02. The van der Waals surface area contributed by atoms with Gasteiger partial charge in [0, 0.05) is 35.8 Å². The number of halogens is 2. The van der Waals surface area contributed by atoms with Gasteiger partial charge in [0.15, 0.2) is 0 Å². The fraction of sp³-hybridized carbons (Fsp3) is 0.211. The van der Waals surface area contributed by atoms with Crippen molar-refractivity contribution < 1.29 is 9.84 Å². The highest BCUT2D eigenvalue weighted by atomic mass is 35.5. The molecule has 3 aromatic rings. The molecular weight excluding hydrogens is 373 g/mol. The maximum Gasteiger partial charge on any atom is 0.121 e. The zero-order valence-electron chi connectivity index (χ0n) is 14.2. The first-order valence-corrected chi connectivity index (χ1v) is 8.83. The van der Waals surface area contributed by atoms with Crippen molar-refractivity contribution in [3.63, 3.8) is 0 Å². The van der Waals surface area contributed by atoms with Gasteiger partial charge in [0.1, 0.15) is 5.75 Å². The Morgan fingerprint density at radius 2 is 1.96 bits per heavy atom. The quantitative estimate of drug-likeness (QED) is 0.592. The van der Waals surface area contributed by atoms with Gasteiger partial charge in [0.2, 0.25) is 0 Å². The number of nitrogens with one attached hydrogen (secondary N) is 1. The van der Waals surface area contributed by atoms with E-state index in [9.17, 15) is 5.11 Å². The number of ether oxygens (including phenoxy) is 1. The summed E-state index contributed by atoms with van der Waals surface area (Å²) in [5, 5.41) is 14.9. The number of rotatable bonds is 6. The molecule has 0 fully saturated rings. The Labute approximate surface area is 161 Å². The van der Waals surface area contributed by atoms with Gasteiger partial charge in [-0.2, -0.15) is 0 Å². The van der Waals surface area contributed by atoms with Crippen LogP contribution in [-0.4, -0.2) is 36.4 Å². The van der Waals surface area contributed by atoms with E-state index in [1.54, 1.807) is 19.2 Å². The molecule has 1 unspecified atom stereocenters. The van der Waals surface area contributed by atoms with E-state index in [4.69, 9.17) is 38.7 Å². The molecule has 0 aliphatic rings. The van der Waals surface area contributed by atoms with Crippen molar-refractivity contribution in [2.24, 2.45) is 5.73 Å². The fourth-order valence-corrected chi connectivity index (χ4v) is 2.89. The number of anilines is 1. The molecule has 7 heteroatoms. The summed E-state index contributed by atoms with van der Waals surface area (Å²) in [6, 6.07) is 12.9. The zero-order valence-corrected chi connectivity index (χ0v) is 15.7. The van der Waals surface area contributed by atoms with Gasteiger partial charge in [-0.05, 0) is 30.3 Å². The van der Waals surface area contributed by atoms with Crippen LogP contribution in [0.15, 0.2) is 42.5 Å². The van der Waals surface area contributed by atoms with E-state index in [2.05, 4.69) is 5.32 Å². The summed E-state index contributed by atoms with van der Waals surface area (Å²) in [5.74, 6) is 0.712. The highest BCUT2D eigenvalue weighted by Gasteiger charge is 2.11. The highest BCUT2D eigenvalue weighted by Crippen LogP contribution is 2.33. The van der Waals surface area contributed by atoms with Crippen LogP contribution < -0.4 is 15.8 Å². The fourth-order valence-electron chi connectivity index (χ4n) is 2.60. The predicted octanol–water partition coefficient (Wildman–Crippen LogP) is 3.95. The molecule has 1 heterocycles. The summed E-state index contributed by atoms with van der Waals surface area (Å²) in [7, 11) is 1.61. The second-order valence-corrected chi connectivity index (χ2v) is 6.65. The van der Waals surface area contributed by atoms with E-state index in [1.165, 1.54) is 0 Å². The summed E-state index contributed by atoms with van der Waals surface area (Å²) >= 11 is 12.2. The molecule has 0 aliphatic heterocycles. The van der Waals surface area contributed by atoms with Gasteiger partial charge in [-0.1, -0.05) is 29.3 Å². The molecule has 0 spiro atoms. The van der Waals surface area contributed by atoms with E-state index in [0.717, 1.165) is 27.8 Å². The van der Waals surface area contributed by atoms with E-state index in [1.807, 2.05) is 30.3 Å². The number of nitrogens with zero attached hydrogens (tertiary/aromatic N) is 1. The molecule has 136 valence electrons. The number of hydrogen-bond acceptors (Lipinski definition) is 5. The summed E-state index contributed by atoms with van der Waals surface area (Å²) in [6.07, 6.45) is -0.634. The normalized spacial score (nSPS) is 12.2. The molecule has 0 aliphatic carbocycles. The third-order valence-corrected chi connectivity index (χ3v) is 4.77. The molecule has 0 amide bonds. The van der Waals surface area contributed by atoms with Gasteiger partial charge in [0.05, 0.1) is 34.5 Å². The molecule has 1 atom stereocenters. The van der Waals surface area contributed by atoms with Crippen molar-refractivity contribution in [2.75, 3.05) is 25.5 Å². The number of aliphatic hydroxyl groups excluding tert-OH is 1. The molecule has 0 radical (unpaired) electrons. The molecule has 26 heavy (non-hydrogen) atoms.